The summed E-state index contributed by atoms with van der Waals surface area (Å²) in [5.74, 6) is -0.783. The molecule has 1 aromatic heterocycles. The Bertz CT molecular complexity index is 939. The maximum atomic E-state index is 13.4. The Kier molecular flexibility index (Phi) is 4.98. The molecule has 0 spiro atoms. The lowest BCUT2D eigenvalue weighted by Gasteiger charge is -2.23. The van der Waals surface area contributed by atoms with Crippen LogP contribution in [0.4, 0.5) is 40.7 Å². The molecule has 1 N–H and O–H groups in total. The third-order valence-corrected chi connectivity index (χ3v) is 4.00. The molecular weight excluding hydrogens is 360 g/mol. The normalized spacial score (nSPS) is 11.3. The van der Waals surface area contributed by atoms with E-state index < -0.39 is 17.6 Å². The molecular formula is C19H16F4N4. The summed E-state index contributed by atoms with van der Waals surface area (Å²) in [6.07, 6.45) is -3.90. The van der Waals surface area contributed by atoms with Gasteiger partial charge >= 0.3 is 6.18 Å². The second kappa shape index (κ2) is 7.22. The number of alkyl halides is 3. The number of aryl methyl sites for hydroxylation is 1. The molecule has 0 radical (unpaired) electrons. The zero-order valence-electron chi connectivity index (χ0n) is 14.5. The number of nitrogens with one attached hydrogen (secondary N) is 1. The first kappa shape index (κ1) is 18.6. The number of benzene rings is 2. The Morgan fingerprint density at radius 1 is 1.00 bits per heavy atom. The maximum Gasteiger partial charge on any atom is 0.421 e. The fourth-order valence-electron chi connectivity index (χ4n) is 2.51. The molecule has 3 rings (SSSR count). The van der Waals surface area contributed by atoms with E-state index >= 15 is 0 Å². The fraction of sp³-hybridized carbons (Fsp3) is 0.158. The van der Waals surface area contributed by atoms with Crippen molar-refractivity contribution in [1.29, 1.82) is 0 Å². The van der Waals surface area contributed by atoms with Crippen LogP contribution in [0.2, 0.25) is 0 Å². The predicted octanol–water partition coefficient (Wildman–Crippen LogP) is 5.45. The van der Waals surface area contributed by atoms with Crippen LogP contribution < -0.4 is 10.2 Å². The molecule has 0 saturated carbocycles. The summed E-state index contributed by atoms with van der Waals surface area (Å²) in [6, 6.07) is 12.4. The second-order valence-electron chi connectivity index (χ2n) is 5.90. The van der Waals surface area contributed by atoms with Crippen molar-refractivity contribution >= 4 is 23.1 Å². The number of halogens is 4. The van der Waals surface area contributed by atoms with E-state index in [4.69, 9.17) is 0 Å². The number of para-hydroxylation sites is 1. The van der Waals surface area contributed by atoms with Crippen molar-refractivity contribution in [2.24, 2.45) is 0 Å². The lowest BCUT2D eigenvalue weighted by atomic mass is 10.2. The molecule has 0 aliphatic carbocycles. The molecule has 0 amide bonds. The van der Waals surface area contributed by atoms with Gasteiger partial charge in [-0.05, 0) is 42.8 Å². The largest absolute Gasteiger partial charge is 0.421 e. The summed E-state index contributed by atoms with van der Waals surface area (Å²) < 4.78 is 53.4. The molecule has 0 atom stereocenters. The van der Waals surface area contributed by atoms with Gasteiger partial charge in [-0.3, -0.25) is 0 Å². The lowest BCUT2D eigenvalue weighted by Crippen LogP contribution is -2.19. The van der Waals surface area contributed by atoms with Crippen LogP contribution in [-0.2, 0) is 6.18 Å². The quantitative estimate of drug-likeness (QED) is 0.615. The Labute approximate surface area is 153 Å². The second-order valence-corrected chi connectivity index (χ2v) is 5.90. The van der Waals surface area contributed by atoms with Gasteiger partial charge < -0.3 is 10.2 Å². The van der Waals surface area contributed by atoms with E-state index in [0.717, 1.165) is 11.8 Å². The molecule has 1 heterocycles. The third kappa shape index (κ3) is 4.16. The molecule has 27 heavy (non-hydrogen) atoms. The number of aromatic nitrogens is 2. The van der Waals surface area contributed by atoms with Crippen LogP contribution in [0, 0.1) is 12.7 Å². The predicted molar refractivity (Wildman–Crippen MR) is 96.0 cm³/mol. The number of hydrogen-bond acceptors (Lipinski definition) is 4. The molecule has 3 aromatic rings. The molecule has 4 nitrogen and oxygen atoms in total. The Morgan fingerprint density at radius 3 is 2.30 bits per heavy atom. The number of hydrogen-bond donors (Lipinski definition) is 1. The minimum atomic E-state index is -4.63. The zero-order chi connectivity index (χ0) is 19.6. The highest BCUT2D eigenvalue weighted by Gasteiger charge is 2.36. The standard InChI is InChI=1S/C19H16F4N4/c1-12-5-3-4-6-16(12)25-18-24-11-15(19(21,22)23)17(26-18)27(2)14-9-7-13(20)8-10-14/h3-11H,1-2H3,(H,24,25,26). The van der Waals surface area contributed by atoms with Crippen molar-refractivity contribution in [1.82, 2.24) is 9.97 Å². The van der Waals surface area contributed by atoms with Crippen molar-refractivity contribution in [2.45, 2.75) is 13.1 Å². The van der Waals surface area contributed by atoms with Crippen molar-refractivity contribution in [3.63, 3.8) is 0 Å². The summed E-state index contributed by atoms with van der Waals surface area (Å²) in [5, 5.41) is 2.93. The van der Waals surface area contributed by atoms with Crippen LogP contribution in [0.15, 0.2) is 54.7 Å². The molecule has 140 valence electrons. The first-order valence-corrected chi connectivity index (χ1v) is 8.02. The number of nitrogens with zero attached hydrogens (tertiary/aromatic N) is 3. The topological polar surface area (TPSA) is 41.1 Å². The Morgan fingerprint density at radius 2 is 1.67 bits per heavy atom. The van der Waals surface area contributed by atoms with Crippen LogP contribution in [0.25, 0.3) is 0 Å². The minimum absolute atomic E-state index is 0.0289. The van der Waals surface area contributed by atoms with Gasteiger partial charge in [-0.25, -0.2) is 9.37 Å². The van der Waals surface area contributed by atoms with Crippen LogP contribution >= 0.6 is 0 Å². The van der Waals surface area contributed by atoms with Crippen molar-refractivity contribution in [2.75, 3.05) is 17.3 Å². The summed E-state index contributed by atoms with van der Waals surface area (Å²) in [4.78, 5) is 9.11. The van der Waals surface area contributed by atoms with Gasteiger partial charge in [0.25, 0.3) is 0 Å². The zero-order valence-corrected chi connectivity index (χ0v) is 14.5. The van der Waals surface area contributed by atoms with E-state index in [-0.39, 0.29) is 11.8 Å². The molecule has 0 unspecified atom stereocenters. The van der Waals surface area contributed by atoms with Crippen LogP contribution in [-0.4, -0.2) is 17.0 Å². The van der Waals surface area contributed by atoms with Gasteiger partial charge in [0, 0.05) is 24.6 Å². The Hall–Kier alpha value is -3.16. The molecule has 0 fully saturated rings. The molecule has 0 saturated heterocycles. The van der Waals surface area contributed by atoms with Crippen molar-refractivity contribution in [3.05, 3.63) is 71.7 Å². The Balaban J connectivity index is 2.03. The van der Waals surface area contributed by atoms with E-state index in [2.05, 4.69) is 15.3 Å². The summed E-state index contributed by atoms with van der Waals surface area (Å²) >= 11 is 0. The van der Waals surface area contributed by atoms with Crippen LogP contribution in [0.1, 0.15) is 11.1 Å². The third-order valence-electron chi connectivity index (χ3n) is 4.00. The summed E-state index contributed by atoms with van der Waals surface area (Å²) in [6.45, 7) is 1.86. The first-order valence-electron chi connectivity index (χ1n) is 8.02. The molecule has 2 aromatic carbocycles. The SMILES string of the molecule is Cc1ccccc1Nc1ncc(C(F)(F)F)c(N(C)c2ccc(F)cc2)n1. The lowest BCUT2D eigenvalue weighted by molar-refractivity contribution is -0.137. The maximum absolute atomic E-state index is 13.4. The van der Waals surface area contributed by atoms with E-state index in [1.807, 2.05) is 19.1 Å². The van der Waals surface area contributed by atoms with E-state index in [0.29, 0.717) is 11.4 Å². The summed E-state index contributed by atoms with van der Waals surface area (Å²) in [7, 11) is 1.43. The van der Waals surface area contributed by atoms with Gasteiger partial charge in [-0.2, -0.15) is 18.2 Å². The van der Waals surface area contributed by atoms with E-state index in [1.165, 1.54) is 36.2 Å². The van der Waals surface area contributed by atoms with E-state index in [1.54, 1.807) is 12.1 Å². The molecule has 0 bridgehead atoms. The first-order chi connectivity index (χ1) is 12.8. The number of rotatable bonds is 4. The monoisotopic (exact) mass is 376 g/mol. The number of anilines is 4. The highest BCUT2D eigenvalue weighted by atomic mass is 19.4. The highest BCUT2D eigenvalue weighted by molar-refractivity contribution is 5.65. The van der Waals surface area contributed by atoms with Crippen LogP contribution in [0.3, 0.4) is 0 Å². The molecule has 0 aliphatic rings. The van der Waals surface area contributed by atoms with E-state index in [9.17, 15) is 17.6 Å². The van der Waals surface area contributed by atoms with Crippen LogP contribution in [0.5, 0.6) is 0 Å². The summed E-state index contributed by atoms with van der Waals surface area (Å²) in [5.41, 5.74) is 0.967. The molecule has 0 aliphatic heterocycles. The van der Waals surface area contributed by atoms with Crippen molar-refractivity contribution < 1.29 is 17.6 Å². The van der Waals surface area contributed by atoms with Gasteiger partial charge in [0.15, 0.2) is 5.82 Å². The minimum Gasteiger partial charge on any atom is -0.329 e. The van der Waals surface area contributed by atoms with Gasteiger partial charge in [0.2, 0.25) is 5.95 Å². The fourth-order valence-corrected chi connectivity index (χ4v) is 2.51. The average molecular weight is 376 g/mol. The highest BCUT2D eigenvalue weighted by Crippen LogP contribution is 2.37. The van der Waals surface area contributed by atoms with Gasteiger partial charge in [-0.15, -0.1) is 0 Å². The smallest absolute Gasteiger partial charge is 0.329 e. The van der Waals surface area contributed by atoms with Gasteiger partial charge in [0.05, 0.1) is 0 Å². The van der Waals surface area contributed by atoms with Gasteiger partial charge in [-0.1, -0.05) is 18.2 Å². The van der Waals surface area contributed by atoms with Crippen molar-refractivity contribution in [3.8, 4) is 0 Å². The van der Waals surface area contributed by atoms with Gasteiger partial charge in [0.1, 0.15) is 11.4 Å². The molecule has 8 heteroatoms. The average Bonchev–Trinajstić information content (AvgIpc) is 2.63.